The van der Waals surface area contributed by atoms with Crippen molar-refractivity contribution in [3.63, 3.8) is 0 Å². The van der Waals surface area contributed by atoms with Gasteiger partial charge in [0.05, 0.1) is 0 Å². The quantitative estimate of drug-likeness (QED) is 0.746. The molecular formula is C10H18N2. The second kappa shape index (κ2) is 8.05. The normalized spacial score (nSPS) is 8.25. The molecule has 0 saturated carbocycles. The van der Waals surface area contributed by atoms with Crippen LogP contribution in [0, 0.1) is 0 Å². The summed E-state index contributed by atoms with van der Waals surface area (Å²) in [6.45, 7) is 7.18. The first-order chi connectivity index (χ1) is 5.93. The van der Waals surface area contributed by atoms with Gasteiger partial charge in [0, 0.05) is 24.6 Å². The SMILES string of the molecule is CC.CCCNc1ccncc1. The molecule has 68 valence electrons. The van der Waals surface area contributed by atoms with Crippen LogP contribution in [0.25, 0.3) is 0 Å². The first-order valence-corrected chi connectivity index (χ1v) is 4.57. The van der Waals surface area contributed by atoms with E-state index in [0.29, 0.717) is 0 Å². The minimum atomic E-state index is 1.03. The molecule has 0 bridgehead atoms. The summed E-state index contributed by atoms with van der Waals surface area (Å²) >= 11 is 0. The molecule has 0 aliphatic rings. The van der Waals surface area contributed by atoms with E-state index >= 15 is 0 Å². The van der Waals surface area contributed by atoms with Gasteiger partial charge in [-0.15, -0.1) is 0 Å². The standard InChI is InChI=1S/C8H12N2.C2H6/c1-2-5-10-8-3-6-9-7-4-8;1-2/h3-4,6-7H,2,5H2,1H3,(H,9,10);1-2H3. The molecule has 0 unspecified atom stereocenters. The minimum Gasteiger partial charge on any atom is -0.385 e. The third-order valence-electron chi connectivity index (χ3n) is 1.26. The van der Waals surface area contributed by atoms with Gasteiger partial charge in [0.25, 0.3) is 0 Å². The largest absolute Gasteiger partial charge is 0.385 e. The van der Waals surface area contributed by atoms with E-state index < -0.39 is 0 Å². The maximum absolute atomic E-state index is 3.91. The summed E-state index contributed by atoms with van der Waals surface area (Å²) in [6, 6.07) is 3.94. The maximum atomic E-state index is 3.91. The van der Waals surface area contributed by atoms with E-state index in [9.17, 15) is 0 Å². The minimum absolute atomic E-state index is 1.03. The van der Waals surface area contributed by atoms with E-state index in [4.69, 9.17) is 0 Å². The molecule has 0 fully saturated rings. The fraction of sp³-hybridized carbons (Fsp3) is 0.500. The van der Waals surface area contributed by atoms with E-state index in [1.807, 2.05) is 26.0 Å². The monoisotopic (exact) mass is 166 g/mol. The molecule has 0 spiro atoms. The lowest BCUT2D eigenvalue weighted by atomic mass is 10.4. The number of nitrogens with zero attached hydrogens (tertiary/aromatic N) is 1. The van der Waals surface area contributed by atoms with E-state index in [0.717, 1.165) is 18.7 Å². The molecule has 1 aromatic rings. The van der Waals surface area contributed by atoms with Crippen molar-refractivity contribution >= 4 is 5.69 Å². The molecule has 0 radical (unpaired) electrons. The van der Waals surface area contributed by atoms with Crippen molar-refractivity contribution in [1.29, 1.82) is 0 Å². The Morgan fingerprint density at radius 3 is 2.33 bits per heavy atom. The van der Waals surface area contributed by atoms with Gasteiger partial charge in [-0.1, -0.05) is 20.8 Å². The summed E-state index contributed by atoms with van der Waals surface area (Å²) in [7, 11) is 0. The van der Waals surface area contributed by atoms with Crippen LogP contribution in [0.3, 0.4) is 0 Å². The molecule has 1 rings (SSSR count). The predicted octanol–water partition coefficient (Wildman–Crippen LogP) is 2.93. The molecule has 0 amide bonds. The highest BCUT2D eigenvalue weighted by atomic mass is 14.9. The molecule has 0 aliphatic carbocycles. The van der Waals surface area contributed by atoms with Crippen molar-refractivity contribution in [3.05, 3.63) is 24.5 Å². The number of rotatable bonds is 3. The summed E-state index contributed by atoms with van der Waals surface area (Å²) in [4.78, 5) is 3.91. The summed E-state index contributed by atoms with van der Waals surface area (Å²) in [5.41, 5.74) is 1.15. The van der Waals surface area contributed by atoms with Crippen LogP contribution >= 0.6 is 0 Å². The highest BCUT2D eigenvalue weighted by Gasteiger charge is 1.84. The molecule has 0 saturated heterocycles. The Kier molecular flexibility index (Phi) is 7.35. The maximum Gasteiger partial charge on any atom is 0.0371 e. The van der Waals surface area contributed by atoms with Crippen LogP contribution in [-0.4, -0.2) is 11.5 Å². The Bertz CT molecular complexity index is 172. The molecule has 12 heavy (non-hydrogen) atoms. The van der Waals surface area contributed by atoms with Gasteiger partial charge in [0.15, 0.2) is 0 Å². The molecule has 2 nitrogen and oxygen atoms in total. The highest BCUT2D eigenvalue weighted by Crippen LogP contribution is 2.01. The topological polar surface area (TPSA) is 24.9 Å². The zero-order valence-corrected chi connectivity index (χ0v) is 8.17. The van der Waals surface area contributed by atoms with Crippen LogP contribution in [0.4, 0.5) is 5.69 Å². The molecule has 0 aromatic carbocycles. The molecule has 1 N–H and O–H groups in total. The molecule has 0 aliphatic heterocycles. The Hall–Kier alpha value is -1.05. The van der Waals surface area contributed by atoms with Crippen molar-refractivity contribution in [3.8, 4) is 0 Å². The van der Waals surface area contributed by atoms with E-state index in [-0.39, 0.29) is 0 Å². The summed E-state index contributed by atoms with van der Waals surface area (Å²) in [5, 5.41) is 3.25. The number of hydrogen-bond donors (Lipinski definition) is 1. The third-order valence-corrected chi connectivity index (χ3v) is 1.26. The molecule has 1 heterocycles. The predicted molar refractivity (Wildman–Crippen MR) is 54.4 cm³/mol. The number of aromatic nitrogens is 1. The third kappa shape index (κ3) is 4.72. The Labute approximate surface area is 75.0 Å². The zero-order valence-electron chi connectivity index (χ0n) is 8.17. The van der Waals surface area contributed by atoms with Gasteiger partial charge in [0.1, 0.15) is 0 Å². The fourth-order valence-electron chi connectivity index (χ4n) is 0.739. The smallest absolute Gasteiger partial charge is 0.0371 e. The summed E-state index contributed by atoms with van der Waals surface area (Å²) < 4.78 is 0. The fourth-order valence-corrected chi connectivity index (χ4v) is 0.739. The number of hydrogen-bond acceptors (Lipinski definition) is 2. The molecule has 2 heteroatoms. The van der Waals surface area contributed by atoms with Crippen molar-refractivity contribution in [2.45, 2.75) is 27.2 Å². The van der Waals surface area contributed by atoms with Crippen LogP contribution in [0.5, 0.6) is 0 Å². The zero-order chi connectivity index (χ0) is 9.23. The number of nitrogens with one attached hydrogen (secondary N) is 1. The summed E-state index contributed by atoms with van der Waals surface area (Å²) in [5.74, 6) is 0. The van der Waals surface area contributed by atoms with Gasteiger partial charge >= 0.3 is 0 Å². The van der Waals surface area contributed by atoms with E-state index in [2.05, 4.69) is 17.2 Å². The lowest BCUT2D eigenvalue weighted by molar-refractivity contribution is 0.979. The van der Waals surface area contributed by atoms with Gasteiger partial charge in [0.2, 0.25) is 0 Å². The second-order valence-corrected chi connectivity index (χ2v) is 2.16. The van der Waals surface area contributed by atoms with Crippen LogP contribution < -0.4 is 5.32 Å². The average Bonchev–Trinajstić information content (AvgIpc) is 2.19. The van der Waals surface area contributed by atoms with Crippen molar-refractivity contribution < 1.29 is 0 Å². The molecular weight excluding hydrogens is 148 g/mol. The van der Waals surface area contributed by atoms with Crippen molar-refractivity contribution in [2.24, 2.45) is 0 Å². The van der Waals surface area contributed by atoms with Crippen LogP contribution in [0.15, 0.2) is 24.5 Å². The summed E-state index contributed by atoms with van der Waals surface area (Å²) in [6.07, 6.45) is 4.73. The molecule has 0 atom stereocenters. The molecule has 1 aromatic heterocycles. The van der Waals surface area contributed by atoms with Gasteiger partial charge in [-0.3, -0.25) is 4.98 Å². The Morgan fingerprint density at radius 1 is 1.25 bits per heavy atom. The van der Waals surface area contributed by atoms with Crippen LogP contribution in [-0.2, 0) is 0 Å². The number of pyridine rings is 1. The Morgan fingerprint density at radius 2 is 1.83 bits per heavy atom. The van der Waals surface area contributed by atoms with Gasteiger partial charge < -0.3 is 5.32 Å². The van der Waals surface area contributed by atoms with Gasteiger partial charge in [-0.05, 0) is 18.6 Å². The second-order valence-electron chi connectivity index (χ2n) is 2.16. The lowest BCUT2D eigenvalue weighted by Gasteiger charge is -2.01. The van der Waals surface area contributed by atoms with Gasteiger partial charge in [-0.25, -0.2) is 0 Å². The van der Waals surface area contributed by atoms with Gasteiger partial charge in [-0.2, -0.15) is 0 Å². The van der Waals surface area contributed by atoms with Crippen molar-refractivity contribution in [1.82, 2.24) is 4.98 Å². The number of anilines is 1. The highest BCUT2D eigenvalue weighted by molar-refractivity contribution is 5.40. The first-order valence-electron chi connectivity index (χ1n) is 4.57. The first kappa shape index (κ1) is 11.0. The van der Waals surface area contributed by atoms with E-state index in [1.54, 1.807) is 12.4 Å². The average molecular weight is 166 g/mol. The van der Waals surface area contributed by atoms with Crippen LogP contribution in [0.2, 0.25) is 0 Å². The van der Waals surface area contributed by atoms with E-state index in [1.165, 1.54) is 0 Å². The van der Waals surface area contributed by atoms with Crippen LogP contribution in [0.1, 0.15) is 27.2 Å². The Balaban J connectivity index is 0.000000561. The lowest BCUT2D eigenvalue weighted by Crippen LogP contribution is -1.98. The van der Waals surface area contributed by atoms with Crippen molar-refractivity contribution in [2.75, 3.05) is 11.9 Å².